The number of nitrogens with one attached hydrogen (secondary N) is 2. The molecule has 2 N–H and O–H groups in total. The standard InChI is InChI=1S/C12H11F3N4O2S/c1-16-22(20,21)9-4-2-8(3-5-9)17-11-7-6-10(18-19-11)12(13,14)15/h2-7,16H,1H3,(H,17,19). The molecule has 0 saturated carbocycles. The third-order valence-electron chi connectivity index (χ3n) is 2.66. The van der Waals surface area contributed by atoms with Gasteiger partial charge in [0.2, 0.25) is 10.0 Å². The summed E-state index contributed by atoms with van der Waals surface area (Å²) in [5.41, 5.74) is -0.627. The van der Waals surface area contributed by atoms with Gasteiger partial charge in [0.05, 0.1) is 4.90 Å². The van der Waals surface area contributed by atoms with Crippen LogP contribution in [0.1, 0.15) is 5.69 Å². The van der Waals surface area contributed by atoms with Gasteiger partial charge < -0.3 is 5.32 Å². The molecule has 0 aliphatic rings. The minimum atomic E-state index is -4.55. The van der Waals surface area contributed by atoms with E-state index in [4.69, 9.17) is 0 Å². The van der Waals surface area contributed by atoms with E-state index in [9.17, 15) is 21.6 Å². The molecule has 1 heterocycles. The van der Waals surface area contributed by atoms with E-state index in [1.807, 2.05) is 0 Å². The van der Waals surface area contributed by atoms with E-state index < -0.39 is 21.9 Å². The number of sulfonamides is 1. The van der Waals surface area contributed by atoms with Crippen LogP contribution < -0.4 is 10.0 Å². The highest BCUT2D eigenvalue weighted by molar-refractivity contribution is 7.89. The quantitative estimate of drug-likeness (QED) is 0.896. The molecule has 1 aromatic carbocycles. The molecule has 1 aromatic heterocycles. The number of hydrogen-bond donors (Lipinski definition) is 2. The fraction of sp³-hybridized carbons (Fsp3) is 0.167. The normalized spacial score (nSPS) is 12.2. The molecule has 2 rings (SSSR count). The summed E-state index contributed by atoms with van der Waals surface area (Å²) in [4.78, 5) is 0.0686. The highest BCUT2D eigenvalue weighted by atomic mass is 32.2. The molecule has 0 bridgehead atoms. The van der Waals surface area contributed by atoms with E-state index in [2.05, 4.69) is 20.2 Å². The molecule has 0 spiro atoms. The smallest absolute Gasteiger partial charge is 0.339 e. The molecule has 0 unspecified atom stereocenters. The molecule has 0 saturated heterocycles. The number of benzene rings is 1. The highest BCUT2D eigenvalue weighted by Gasteiger charge is 2.32. The molecule has 6 nitrogen and oxygen atoms in total. The summed E-state index contributed by atoms with van der Waals surface area (Å²) in [6.45, 7) is 0. The number of nitrogens with zero attached hydrogens (tertiary/aromatic N) is 2. The largest absolute Gasteiger partial charge is 0.435 e. The van der Waals surface area contributed by atoms with Crippen LogP contribution in [0.15, 0.2) is 41.3 Å². The molecule has 22 heavy (non-hydrogen) atoms. The van der Waals surface area contributed by atoms with Crippen molar-refractivity contribution in [1.82, 2.24) is 14.9 Å². The van der Waals surface area contributed by atoms with Gasteiger partial charge >= 0.3 is 6.18 Å². The first-order valence-electron chi connectivity index (χ1n) is 5.94. The molecule has 118 valence electrons. The average molecular weight is 332 g/mol. The Bertz CT molecular complexity index is 743. The Labute approximate surface area is 124 Å². The fourth-order valence-corrected chi connectivity index (χ4v) is 2.26. The minimum Gasteiger partial charge on any atom is -0.339 e. The number of hydrogen-bond acceptors (Lipinski definition) is 5. The number of aromatic nitrogens is 2. The first-order chi connectivity index (χ1) is 10.2. The first-order valence-corrected chi connectivity index (χ1v) is 7.42. The zero-order chi connectivity index (χ0) is 16.4. The van der Waals surface area contributed by atoms with Gasteiger partial charge in [0, 0.05) is 5.69 Å². The van der Waals surface area contributed by atoms with Crippen molar-refractivity contribution in [2.24, 2.45) is 0 Å². The second-order valence-electron chi connectivity index (χ2n) is 4.16. The lowest BCUT2D eigenvalue weighted by molar-refractivity contribution is -0.141. The van der Waals surface area contributed by atoms with E-state index in [0.29, 0.717) is 5.69 Å². The van der Waals surface area contributed by atoms with Crippen LogP contribution in [-0.2, 0) is 16.2 Å². The molecule has 0 aliphatic heterocycles. The van der Waals surface area contributed by atoms with Crippen LogP contribution in [-0.4, -0.2) is 25.7 Å². The van der Waals surface area contributed by atoms with E-state index in [0.717, 1.165) is 12.1 Å². The van der Waals surface area contributed by atoms with Crippen molar-refractivity contribution in [3.05, 3.63) is 42.1 Å². The van der Waals surface area contributed by atoms with Gasteiger partial charge in [-0.2, -0.15) is 13.2 Å². The van der Waals surface area contributed by atoms with Gasteiger partial charge in [-0.25, -0.2) is 13.1 Å². The maximum Gasteiger partial charge on any atom is 0.435 e. The molecule has 10 heteroatoms. The Morgan fingerprint density at radius 2 is 1.64 bits per heavy atom. The lowest BCUT2D eigenvalue weighted by Crippen LogP contribution is -2.18. The van der Waals surface area contributed by atoms with Crippen LogP contribution in [0.3, 0.4) is 0 Å². The van der Waals surface area contributed by atoms with Crippen LogP contribution in [0.2, 0.25) is 0 Å². The SMILES string of the molecule is CNS(=O)(=O)c1ccc(Nc2ccc(C(F)(F)F)nn2)cc1. The van der Waals surface area contributed by atoms with Crippen LogP contribution in [0.5, 0.6) is 0 Å². The summed E-state index contributed by atoms with van der Waals surface area (Å²) in [6, 6.07) is 7.56. The van der Waals surface area contributed by atoms with Gasteiger partial charge in [-0.15, -0.1) is 10.2 Å². The van der Waals surface area contributed by atoms with Crippen molar-refractivity contribution >= 4 is 21.5 Å². The first kappa shape index (κ1) is 16.2. The molecular formula is C12H11F3N4O2S. The van der Waals surface area contributed by atoms with Crippen molar-refractivity contribution in [2.75, 3.05) is 12.4 Å². The summed E-state index contributed by atoms with van der Waals surface area (Å²) >= 11 is 0. The van der Waals surface area contributed by atoms with Gasteiger partial charge in [-0.05, 0) is 43.4 Å². The van der Waals surface area contributed by atoms with Gasteiger partial charge in [0.15, 0.2) is 11.5 Å². The Balaban J connectivity index is 2.15. The third kappa shape index (κ3) is 3.71. The maximum absolute atomic E-state index is 12.4. The number of halogens is 3. The summed E-state index contributed by atoms with van der Waals surface area (Å²) in [6.07, 6.45) is -4.55. The number of alkyl halides is 3. The Morgan fingerprint density at radius 1 is 1.00 bits per heavy atom. The van der Waals surface area contributed by atoms with Gasteiger partial charge in [0.1, 0.15) is 0 Å². The van der Waals surface area contributed by atoms with E-state index in [1.54, 1.807) is 0 Å². The van der Waals surface area contributed by atoms with Crippen molar-refractivity contribution in [3.8, 4) is 0 Å². The Morgan fingerprint density at radius 3 is 2.09 bits per heavy atom. The van der Waals surface area contributed by atoms with Crippen LogP contribution in [0.4, 0.5) is 24.7 Å². The van der Waals surface area contributed by atoms with Crippen molar-refractivity contribution < 1.29 is 21.6 Å². The molecule has 0 radical (unpaired) electrons. The van der Waals surface area contributed by atoms with Crippen molar-refractivity contribution in [3.63, 3.8) is 0 Å². The predicted octanol–water partition coefficient (Wildman–Crippen LogP) is 2.15. The molecule has 0 fully saturated rings. The van der Waals surface area contributed by atoms with Crippen LogP contribution in [0.25, 0.3) is 0 Å². The Hall–Kier alpha value is -2.20. The monoisotopic (exact) mass is 332 g/mol. The number of anilines is 2. The molecule has 2 aromatic rings. The summed E-state index contributed by atoms with van der Waals surface area (Å²) in [5.74, 6) is 0.109. The van der Waals surface area contributed by atoms with Crippen molar-refractivity contribution in [2.45, 2.75) is 11.1 Å². The summed E-state index contributed by atoms with van der Waals surface area (Å²) in [5, 5.41) is 9.21. The van der Waals surface area contributed by atoms with Gasteiger partial charge in [-0.1, -0.05) is 0 Å². The predicted molar refractivity (Wildman–Crippen MR) is 73.0 cm³/mol. The third-order valence-corrected chi connectivity index (χ3v) is 4.09. The minimum absolute atomic E-state index is 0.0686. The lowest BCUT2D eigenvalue weighted by Gasteiger charge is -2.08. The second kappa shape index (κ2) is 5.89. The highest BCUT2D eigenvalue weighted by Crippen LogP contribution is 2.27. The summed E-state index contributed by atoms with van der Waals surface area (Å²) in [7, 11) is -2.25. The molecular weight excluding hydrogens is 321 g/mol. The average Bonchev–Trinajstić information content (AvgIpc) is 2.47. The lowest BCUT2D eigenvalue weighted by atomic mass is 10.3. The van der Waals surface area contributed by atoms with Gasteiger partial charge in [0.25, 0.3) is 0 Å². The van der Waals surface area contributed by atoms with Crippen LogP contribution >= 0.6 is 0 Å². The zero-order valence-electron chi connectivity index (χ0n) is 11.2. The zero-order valence-corrected chi connectivity index (χ0v) is 12.0. The second-order valence-corrected chi connectivity index (χ2v) is 6.05. The summed E-state index contributed by atoms with van der Waals surface area (Å²) < 4.78 is 62.3. The van der Waals surface area contributed by atoms with Crippen molar-refractivity contribution in [1.29, 1.82) is 0 Å². The van der Waals surface area contributed by atoms with Gasteiger partial charge in [-0.3, -0.25) is 0 Å². The Kier molecular flexibility index (Phi) is 4.33. The molecule has 0 atom stereocenters. The molecule has 0 aliphatic carbocycles. The van der Waals surface area contributed by atoms with Crippen LogP contribution in [0, 0.1) is 0 Å². The van der Waals surface area contributed by atoms with E-state index in [-0.39, 0.29) is 10.7 Å². The van der Waals surface area contributed by atoms with E-state index >= 15 is 0 Å². The topological polar surface area (TPSA) is 84.0 Å². The maximum atomic E-state index is 12.4. The molecule has 0 amide bonds. The van der Waals surface area contributed by atoms with E-state index in [1.165, 1.54) is 31.3 Å². The number of rotatable bonds is 4. The fourth-order valence-electron chi connectivity index (χ4n) is 1.53.